The molecule has 0 fully saturated rings. The van der Waals surface area contributed by atoms with Crippen LogP contribution in [0.5, 0.6) is 0 Å². The van der Waals surface area contributed by atoms with Crippen molar-refractivity contribution in [2.24, 2.45) is 0 Å². The van der Waals surface area contributed by atoms with Gasteiger partial charge in [0.25, 0.3) is 0 Å². The first-order valence-electron chi connectivity index (χ1n) is 6.25. The van der Waals surface area contributed by atoms with Crippen LogP contribution < -0.4 is 5.32 Å². The zero-order valence-electron chi connectivity index (χ0n) is 11.0. The maximum Gasteiger partial charge on any atom is 0.221 e. The van der Waals surface area contributed by atoms with Gasteiger partial charge in [-0.3, -0.25) is 4.79 Å². The molecular weight excluding hydrogens is 282 g/mol. The van der Waals surface area contributed by atoms with E-state index < -0.39 is 9.84 Å². The van der Waals surface area contributed by atoms with Crippen molar-refractivity contribution in [2.45, 2.75) is 24.7 Å². The van der Waals surface area contributed by atoms with Crippen molar-refractivity contribution in [3.05, 3.63) is 18.2 Å². The van der Waals surface area contributed by atoms with Crippen molar-refractivity contribution in [1.29, 1.82) is 0 Å². The molecule has 2 aromatic rings. The topological polar surface area (TPSA) is 102 Å². The van der Waals surface area contributed by atoms with E-state index in [0.29, 0.717) is 12.1 Å². The van der Waals surface area contributed by atoms with Crippen LogP contribution in [0.3, 0.4) is 0 Å². The summed E-state index contributed by atoms with van der Waals surface area (Å²) in [6.07, 6.45) is 0.729. The zero-order valence-corrected chi connectivity index (χ0v) is 11.8. The number of hydrogen-bond donors (Lipinski definition) is 1. The van der Waals surface area contributed by atoms with Gasteiger partial charge < -0.3 is 5.32 Å². The van der Waals surface area contributed by atoms with Crippen molar-refractivity contribution in [1.82, 2.24) is 15.6 Å². The van der Waals surface area contributed by atoms with Crippen molar-refractivity contribution >= 4 is 26.8 Å². The van der Waals surface area contributed by atoms with Crippen LogP contribution in [0.15, 0.2) is 27.7 Å². The van der Waals surface area contributed by atoms with Crippen LogP contribution in [-0.4, -0.2) is 36.9 Å². The molecule has 0 radical (unpaired) electrons. The van der Waals surface area contributed by atoms with Crippen molar-refractivity contribution in [2.75, 3.05) is 12.3 Å². The molecule has 1 heterocycles. The van der Waals surface area contributed by atoms with Gasteiger partial charge in [0.05, 0.1) is 10.6 Å². The minimum absolute atomic E-state index is 0.0412. The Hall–Kier alpha value is -1.96. The largest absolute Gasteiger partial charge is 0.356 e. The Bertz CT molecular complexity index is 708. The monoisotopic (exact) mass is 297 g/mol. The predicted molar refractivity (Wildman–Crippen MR) is 71.8 cm³/mol. The highest BCUT2D eigenvalue weighted by Gasteiger charge is 2.21. The molecule has 1 aromatic carbocycles. The molecule has 0 aliphatic carbocycles. The van der Waals surface area contributed by atoms with Gasteiger partial charge in [-0.25, -0.2) is 13.0 Å². The predicted octanol–water partition coefficient (Wildman–Crippen LogP) is 0.913. The summed E-state index contributed by atoms with van der Waals surface area (Å²) in [5, 5.41) is 9.83. The lowest BCUT2D eigenvalue weighted by Gasteiger charge is -2.05. The molecule has 7 nitrogen and oxygen atoms in total. The van der Waals surface area contributed by atoms with Crippen LogP contribution in [0.2, 0.25) is 0 Å². The second kappa shape index (κ2) is 6.00. The molecule has 1 amide bonds. The molecule has 2 rings (SSSR count). The molecule has 0 saturated heterocycles. The quantitative estimate of drug-likeness (QED) is 0.850. The van der Waals surface area contributed by atoms with E-state index >= 15 is 0 Å². The number of amides is 1. The van der Waals surface area contributed by atoms with E-state index in [1.54, 1.807) is 12.1 Å². The summed E-state index contributed by atoms with van der Waals surface area (Å²) in [6.45, 7) is 2.47. The van der Waals surface area contributed by atoms with E-state index in [2.05, 4.69) is 20.3 Å². The molecule has 0 spiro atoms. The second-order valence-corrected chi connectivity index (χ2v) is 6.38. The number of sulfone groups is 1. The van der Waals surface area contributed by atoms with Crippen LogP contribution >= 0.6 is 0 Å². The fourth-order valence-electron chi connectivity index (χ4n) is 1.72. The van der Waals surface area contributed by atoms with Crippen LogP contribution in [0, 0.1) is 0 Å². The summed E-state index contributed by atoms with van der Waals surface area (Å²) in [4.78, 5) is 11.5. The van der Waals surface area contributed by atoms with Crippen LogP contribution in [0.4, 0.5) is 0 Å². The fraction of sp³-hybridized carbons (Fsp3) is 0.417. The Balaban J connectivity index is 2.14. The lowest BCUT2D eigenvalue weighted by molar-refractivity contribution is -0.120. The number of hydrogen-bond acceptors (Lipinski definition) is 6. The third-order valence-electron chi connectivity index (χ3n) is 2.75. The molecule has 0 unspecified atom stereocenters. The fourth-order valence-corrected chi connectivity index (χ4v) is 3.12. The minimum Gasteiger partial charge on any atom is -0.356 e. The number of aromatic nitrogens is 2. The highest BCUT2D eigenvalue weighted by atomic mass is 32.2. The van der Waals surface area contributed by atoms with Gasteiger partial charge in [0.1, 0.15) is 5.52 Å². The Morgan fingerprint density at radius 2 is 2.15 bits per heavy atom. The molecule has 0 saturated carbocycles. The van der Waals surface area contributed by atoms with E-state index in [-0.39, 0.29) is 28.5 Å². The molecule has 0 aliphatic heterocycles. The number of benzene rings is 1. The maximum absolute atomic E-state index is 12.2. The number of nitrogens with zero attached hydrogens (tertiary/aromatic N) is 2. The zero-order chi connectivity index (χ0) is 14.6. The standard InChI is InChI=1S/C12H15N3O4S/c1-2-7-13-11(16)6-8-20(17,18)10-5-3-4-9-12(10)15-19-14-9/h3-5H,2,6-8H2,1H3,(H,13,16). The average molecular weight is 297 g/mol. The number of nitrogens with one attached hydrogen (secondary N) is 1. The van der Waals surface area contributed by atoms with Gasteiger partial charge in [-0.05, 0) is 28.9 Å². The first-order valence-corrected chi connectivity index (χ1v) is 7.90. The Labute approximate surface area is 116 Å². The molecular formula is C12H15N3O4S. The number of rotatable bonds is 6. The van der Waals surface area contributed by atoms with Crippen LogP contribution in [0.1, 0.15) is 19.8 Å². The third-order valence-corrected chi connectivity index (χ3v) is 4.50. The Morgan fingerprint density at radius 3 is 2.90 bits per heavy atom. The summed E-state index contributed by atoms with van der Waals surface area (Å²) in [6, 6.07) is 4.61. The maximum atomic E-state index is 12.2. The molecule has 108 valence electrons. The van der Waals surface area contributed by atoms with Gasteiger partial charge >= 0.3 is 0 Å². The molecule has 0 bridgehead atoms. The smallest absolute Gasteiger partial charge is 0.221 e. The summed E-state index contributed by atoms with van der Waals surface area (Å²) >= 11 is 0. The third kappa shape index (κ3) is 3.13. The van der Waals surface area contributed by atoms with E-state index in [9.17, 15) is 13.2 Å². The van der Waals surface area contributed by atoms with Gasteiger partial charge in [-0.2, -0.15) is 0 Å². The van der Waals surface area contributed by atoms with E-state index in [1.807, 2.05) is 6.92 Å². The van der Waals surface area contributed by atoms with Gasteiger partial charge in [-0.1, -0.05) is 13.0 Å². The SMILES string of the molecule is CCCNC(=O)CCS(=O)(=O)c1cccc2nonc12. The summed E-state index contributed by atoms with van der Waals surface area (Å²) < 4.78 is 29.0. The number of carbonyl (C=O) groups is 1. The van der Waals surface area contributed by atoms with E-state index in [0.717, 1.165) is 6.42 Å². The van der Waals surface area contributed by atoms with Crippen LogP contribution in [0.25, 0.3) is 11.0 Å². The van der Waals surface area contributed by atoms with Crippen LogP contribution in [-0.2, 0) is 14.6 Å². The van der Waals surface area contributed by atoms with E-state index in [1.165, 1.54) is 6.07 Å². The van der Waals surface area contributed by atoms with Crippen molar-refractivity contribution in [3.63, 3.8) is 0 Å². The van der Waals surface area contributed by atoms with Gasteiger partial charge in [0.15, 0.2) is 15.4 Å². The second-order valence-electron chi connectivity index (χ2n) is 4.31. The molecule has 1 N–H and O–H groups in total. The molecule has 8 heteroatoms. The summed E-state index contributed by atoms with van der Waals surface area (Å²) in [5.74, 6) is -0.546. The minimum atomic E-state index is -3.60. The van der Waals surface area contributed by atoms with Gasteiger partial charge in [0.2, 0.25) is 5.91 Å². The van der Waals surface area contributed by atoms with Crippen molar-refractivity contribution in [3.8, 4) is 0 Å². The van der Waals surface area contributed by atoms with Gasteiger partial charge in [-0.15, -0.1) is 0 Å². The average Bonchev–Trinajstić information content (AvgIpc) is 2.91. The molecule has 1 aromatic heterocycles. The molecule has 20 heavy (non-hydrogen) atoms. The number of fused-ring (bicyclic) bond motifs is 1. The number of carbonyl (C=O) groups excluding carboxylic acids is 1. The lowest BCUT2D eigenvalue weighted by atomic mass is 10.3. The highest BCUT2D eigenvalue weighted by molar-refractivity contribution is 7.91. The normalized spacial score (nSPS) is 11.7. The molecule has 0 aliphatic rings. The Morgan fingerprint density at radius 1 is 1.35 bits per heavy atom. The first-order chi connectivity index (χ1) is 9.54. The first kappa shape index (κ1) is 14.4. The van der Waals surface area contributed by atoms with E-state index in [4.69, 9.17) is 0 Å². The summed E-state index contributed by atoms with van der Waals surface area (Å²) in [7, 11) is -3.60. The highest BCUT2D eigenvalue weighted by Crippen LogP contribution is 2.21. The van der Waals surface area contributed by atoms with Gasteiger partial charge in [0, 0.05) is 13.0 Å². The summed E-state index contributed by atoms with van der Waals surface area (Å²) in [5.41, 5.74) is 0.572. The van der Waals surface area contributed by atoms with Crippen molar-refractivity contribution < 1.29 is 17.8 Å². The Kier molecular flexibility index (Phi) is 4.33. The molecule has 0 atom stereocenters. The lowest BCUT2D eigenvalue weighted by Crippen LogP contribution is -2.26.